The van der Waals surface area contributed by atoms with Crippen molar-refractivity contribution < 1.29 is 13.2 Å². The van der Waals surface area contributed by atoms with E-state index < -0.39 is 20.8 Å². The fourth-order valence-corrected chi connectivity index (χ4v) is 3.84. The molecule has 0 fully saturated rings. The quantitative estimate of drug-likeness (QED) is 0.761. The van der Waals surface area contributed by atoms with Crippen molar-refractivity contribution in [3.63, 3.8) is 0 Å². The van der Waals surface area contributed by atoms with E-state index in [2.05, 4.69) is 4.40 Å². The number of ketones is 1. The van der Waals surface area contributed by atoms with Gasteiger partial charge < -0.3 is 0 Å². The molecule has 1 aliphatic rings. The van der Waals surface area contributed by atoms with Gasteiger partial charge in [0.15, 0.2) is 5.78 Å². The Morgan fingerprint density at radius 1 is 0.955 bits per heavy atom. The Kier molecular flexibility index (Phi) is 4.80. The number of sulfonamides is 1. The van der Waals surface area contributed by atoms with Crippen LogP contribution in [0.1, 0.15) is 19.4 Å². The zero-order valence-electron chi connectivity index (χ0n) is 12.3. The lowest BCUT2D eigenvalue weighted by molar-refractivity contribution is -0.115. The molecule has 1 aliphatic carbocycles. The Hall–Kier alpha value is -1.17. The second-order valence-electron chi connectivity index (χ2n) is 5.18. The highest BCUT2D eigenvalue weighted by Crippen LogP contribution is 2.29. The van der Waals surface area contributed by atoms with E-state index in [1.807, 2.05) is 6.92 Å². The van der Waals surface area contributed by atoms with Crippen LogP contribution in [0.4, 0.5) is 0 Å². The first-order valence-corrected chi connectivity index (χ1v) is 8.88. The van der Waals surface area contributed by atoms with Crippen molar-refractivity contribution in [3.8, 4) is 0 Å². The summed E-state index contributed by atoms with van der Waals surface area (Å²) in [4.78, 5) is 12.0. The molecule has 0 radical (unpaired) electrons. The minimum atomic E-state index is -3.91. The summed E-state index contributed by atoms with van der Waals surface area (Å²) in [7, 11) is -3.91. The fourth-order valence-electron chi connectivity index (χ4n) is 2.07. The number of rotatable bonds is 2. The maximum Gasteiger partial charge on any atom is 0.282 e. The largest absolute Gasteiger partial charge is 0.293 e. The van der Waals surface area contributed by atoms with Gasteiger partial charge in [0, 0.05) is 0 Å². The molecular formula is C15H15Cl2NO3S. The van der Waals surface area contributed by atoms with Crippen LogP contribution < -0.4 is 0 Å². The van der Waals surface area contributed by atoms with E-state index in [0.29, 0.717) is 11.1 Å². The lowest BCUT2D eigenvalue weighted by Crippen LogP contribution is -2.39. The van der Waals surface area contributed by atoms with Crippen molar-refractivity contribution in [1.82, 2.24) is 0 Å². The molecule has 0 saturated carbocycles. The number of halogens is 2. The molecule has 0 N–H and O–H groups in total. The summed E-state index contributed by atoms with van der Waals surface area (Å²) < 4.78 is 28.6. The molecule has 0 unspecified atom stereocenters. The van der Waals surface area contributed by atoms with E-state index in [-0.39, 0.29) is 16.4 Å². The van der Waals surface area contributed by atoms with E-state index >= 15 is 0 Å². The number of allylic oxidation sites excluding steroid dienone is 2. The molecule has 118 valence electrons. The molecule has 7 heteroatoms. The highest BCUT2D eigenvalue weighted by molar-refractivity contribution is 7.90. The van der Waals surface area contributed by atoms with Crippen LogP contribution in [0.5, 0.6) is 0 Å². The van der Waals surface area contributed by atoms with Crippen LogP contribution in [0.3, 0.4) is 0 Å². The zero-order chi connectivity index (χ0) is 16.7. The third-order valence-electron chi connectivity index (χ3n) is 3.62. The summed E-state index contributed by atoms with van der Waals surface area (Å²) in [6.07, 6.45) is 0. The molecule has 0 spiro atoms. The van der Waals surface area contributed by atoms with E-state index in [1.54, 1.807) is 26.0 Å². The summed E-state index contributed by atoms with van der Waals surface area (Å²) in [6.45, 7) is 5.07. The Morgan fingerprint density at radius 3 is 2.05 bits per heavy atom. The minimum absolute atomic E-state index is 0.0722. The van der Waals surface area contributed by atoms with Gasteiger partial charge >= 0.3 is 0 Å². The second-order valence-corrected chi connectivity index (χ2v) is 7.73. The van der Waals surface area contributed by atoms with E-state index in [1.165, 1.54) is 12.1 Å². The summed E-state index contributed by atoms with van der Waals surface area (Å²) in [5.74, 6) is -0.300. The van der Waals surface area contributed by atoms with Crippen molar-refractivity contribution in [1.29, 1.82) is 0 Å². The van der Waals surface area contributed by atoms with Gasteiger partial charge in [0.1, 0.15) is 10.8 Å². The zero-order valence-corrected chi connectivity index (χ0v) is 14.6. The molecule has 0 aliphatic heterocycles. The first-order chi connectivity index (χ1) is 10.1. The highest BCUT2D eigenvalue weighted by atomic mass is 35.5. The van der Waals surface area contributed by atoms with Gasteiger partial charge in [-0.2, -0.15) is 12.8 Å². The van der Waals surface area contributed by atoms with E-state index in [0.717, 1.165) is 5.56 Å². The van der Waals surface area contributed by atoms with Crippen LogP contribution in [0.2, 0.25) is 0 Å². The maximum atomic E-state index is 12.4. The predicted octanol–water partition coefficient (Wildman–Crippen LogP) is 3.26. The van der Waals surface area contributed by atoms with Crippen LogP contribution in [0, 0.1) is 6.92 Å². The van der Waals surface area contributed by atoms with Crippen molar-refractivity contribution in [2.75, 3.05) is 0 Å². The molecule has 0 bridgehead atoms. The normalized spacial score (nSPS) is 25.0. The first-order valence-electron chi connectivity index (χ1n) is 6.57. The number of alkyl halides is 2. The third-order valence-corrected chi connectivity index (χ3v) is 5.97. The second kappa shape index (κ2) is 6.14. The summed E-state index contributed by atoms with van der Waals surface area (Å²) in [6, 6.07) is 6.34. The predicted molar refractivity (Wildman–Crippen MR) is 88.5 cm³/mol. The van der Waals surface area contributed by atoms with Crippen LogP contribution >= 0.6 is 23.2 Å². The number of hydrogen-bond donors (Lipinski definition) is 0. The molecule has 0 saturated heterocycles. The standard InChI is InChI=1S/C15H15Cl2NO3S/c1-8-4-6-11(7-5-8)22(20,21)18-14-9(2)10(3)15(19)13(17)12(14)16/h4-7,12-13H,1-3H3/t12-,13+/m0/s1. The molecule has 1 aromatic rings. The van der Waals surface area contributed by atoms with Crippen molar-refractivity contribution >= 4 is 44.7 Å². The van der Waals surface area contributed by atoms with Crippen LogP contribution in [-0.2, 0) is 14.8 Å². The monoisotopic (exact) mass is 359 g/mol. The molecule has 2 atom stereocenters. The number of carbonyl (C=O) groups is 1. The Bertz CT molecular complexity index is 780. The molecule has 2 rings (SSSR count). The third kappa shape index (κ3) is 3.12. The summed E-state index contributed by atoms with van der Waals surface area (Å²) in [5, 5.41) is -1.99. The molecule has 0 aromatic heterocycles. The molecule has 4 nitrogen and oxygen atoms in total. The Labute approximate surface area is 139 Å². The number of carbonyl (C=O) groups excluding carboxylic acids is 1. The van der Waals surface area contributed by atoms with Gasteiger partial charge in [0.2, 0.25) is 0 Å². The molecular weight excluding hydrogens is 345 g/mol. The number of benzene rings is 1. The molecule has 1 aromatic carbocycles. The van der Waals surface area contributed by atoms with Crippen LogP contribution in [0.25, 0.3) is 0 Å². The van der Waals surface area contributed by atoms with Gasteiger partial charge in [-0.1, -0.05) is 17.7 Å². The lowest BCUT2D eigenvalue weighted by Gasteiger charge is -2.25. The average Bonchev–Trinajstić information content (AvgIpc) is 2.48. The first kappa shape index (κ1) is 17.2. The van der Waals surface area contributed by atoms with Gasteiger partial charge in [0.25, 0.3) is 10.0 Å². The molecule has 0 heterocycles. The van der Waals surface area contributed by atoms with Crippen molar-refractivity contribution in [2.45, 2.75) is 36.4 Å². The van der Waals surface area contributed by atoms with Gasteiger partial charge in [-0.15, -0.1) is 23.2 Å². The fraction of sp³-hybridized carbons (Fsp3) is 0.333. The van der Waals surface area contributed by atoms with E-state index in [9.17, 15) is 13.2 Å². The number of aryl methyl sites for hydroxylation is 1. The van der Waals surface area contributed by atoms with Gasteiger partial charge in [-0.05, 0) is 44.1 Å². The average molecular weight is 360 g/mol. The van der Waals surface area contributed by atoms with Crippen LogP contribution in [0.15, 0.2) is 44.7 Å². The molecule has 22 heavy (non-hydrogen) atoms. The maximum absolute atomic E-state index is 12.4. The van der Waals surface area contributed by atoms with Crippen LogP contribution in [-0.4, -0.2) is 30.7 Å². The van der Waals surface area contributed by atoms with Crippen molar-refractivity contribution in [2.24, 2.45) is 4.40 Å². The van der Waals surface area contributed by atoms with E-state index in [4.69, 9.17) is 23.2 Å². The number of nitrogens with zero attached hydrogens (tertiary/aromatic N) is 1. The van der Waals surface area contributed by atoms with Crippen molar-refractivity contribution in [3.05, 3.63) is 41.0 Å². The van der Waals surface area contributed by atoms with Gasteiger partial charge in [-0.25, -0.2) is 0 Å². The Morgan fingerprint density at radius 2 is 1.50 bits per heavy atom. The molecule has 0 amide bonds. The minimum Gasteiger partial charge on any atom is -0.293 e. The van der Waals surface area contributed by atoms with Gasteiger partial charge in [-0.3, -0.25) is 4.79 Å². The number of hydrogen-bond acceptors (Lipinski definition) is 3. The SMILES string of the molecule is CC1=C(C)C(=NS(=O)(=O)c2ccc(C)cc2)[C@@H](Cl)[C@@H](Cl)C1=O. The van der Waals surface area contributed by atoms with Gasteiger partial charge in [0.05, 0.1) is 10.6 Å². The number of Topliss-reactive ketones (excluding diaryl/α,β-unsaturated/α-hetero) is 1. The lowest BCUT2D eigenvalue weighted by atomic mass is 9.90. The topological polar surface area (TPSA) is 63.6 Å². The summed E-state index contributed by atoms with van der Waals surface area (Å²) >= 11 is 12.1. The Balaban J connectivity index is 2.55. The highest BCUT2D eigenvalue weighted by Gasteiger charge is 2.37. The smallest absolute Gasteiger partial charge is 0.282 e. The summed E-state index contributed by atoms with van der Waals surface area (Å²) in [5.41, 5.74) is 1.91.